The molecular formula is C22H23NO2S. The second kappa shape index (κ2) is 8.68. The Kier molecular flexibility index (Phi) is 6.08. The van der Waals surface area contributed by atoms with Crippen LogP contribution in [0.2, 0.25) is 0 Å². The smallest absolute Gasteiger partial charge is 0.178 e. The molecule has 0 aliphatic rings. The molecule has 4 heteroatoms. The van der Waals surface area contributed by atoms with Gasteiger partial charge in [0.25, 0.3) is 0 Å². The van der Waals surface area contributed by atoms with Crippen molar-refractivity contribution in [3.05, 3.63) is 96.6 Å². The van der Waals surface area contributed by atoms with Crippen LogP contribution in [0.15, 0.2) is 95.9 Å². The van der Waals surface area contributed by atoms with Crippen LogP contribution in [0.25, 0.3) is 0 Å². The molecule has 0 saturated carbocycles. The highest BCUT2D eigenvalue weighted by molar-refractivity contribution is 7.91. The third kappa shape index (κ3) is 4.96. The molecule has 3 nitrogen and oxygen atoms in total. The van der Waals surface area contributed by atoms with Gasteiger partial charge >= 0.3 is 0 Å². The second-order valence-electron chi connectivity index (χ2n) is 6.23. The normalized spacial score (nSPS) is 11.2. The van der Waals surface area contributed by atoms with E-state index in [1.807, 2.05) is 42.5 Å². The van der Waals surface area contributed by atoms with Crippen molar-refractivity contribution in [3.63, 3.8) is 0 Å². The molecule has 0 bridgehead atoms. The van der Waals surface area contributed by atoms with Crippen molar-refractivity contribution in [1.82, 2.24) is 0 Å². The Bertz CT molecular complexity index is 895. The standard InChI is InChI=1S/C22H23NO2S/c24-26(25,22-15-8-3-9-16-22)18-10-17-23(21-13-6-2-7-14-21)19-20-11-4-1-5-12-20/h1-9,11-16H,10,17-19H2. The number of para-hydroxylation sites is 1. The largest absolute Gasteiger partial charge is 0.367 e. The quantitative estimate of drug-likeness (QED) is 0.587. The molecule has 0 spiro atoms. The van der Waals surface area contributed by atoms with E-state index in [9.17, 15) is 8.42 Å². The fourth-order valence-electron chi connectivity index (χ4n) is 2.93. The zero-order valence-electron chi connectivity index (χ0n) is 14.7. The number of sulfone groups is 1. The topological polar surface area (TPSA) is 37.4 Å². The Balaban J connectivity index is 1.68. The maximum Gasteiger partial charge on any atom is 0.178 e. The van der Waals surface area contributed by atoms with Gasteiger partial charge in [-0.25, -0.2) is 8.42 Å². The minimum atomic E-state index is -3.24. The molecule has 0 N–H and O–H groups in total. The van der Waals surface area contributed by atoms with E-state index in [1.165, 1.54) is 5.56 Å². The molecule has 3 aromatic carbocycles. The maximum atomic E-state index is 12.5. The van der Waals surface area contributed by atoms with Crippen molar-refractivity contribution in [3.8, 4) is 0 Å². The summed E-state index contributed by atoms with van der Waals surface area (Å²) in [7, 11) is -3.24. The predicted molar refractivity (Wildman–Crippen MR) is 107 cm³/mol. The van der Waals surface area contributed by atoms with Crippen LogP contribution >= 0.6 is 0 Å². The van der Waals surface area contributed by atoms with E-state index < -0.39 is 9.84 Å². The van der Waals surface area contributed by atoms with Gasteiger partial charge in [-0.2, -0.15) is 0 Å². The number of anilines is 1. The first-order valence-electron chi connectivity index (χ1n) is 8.77. The van der Waals surface area contributed by atoms with Crippen molar-refractivity contribution in [2.75, 3.05) is 17.2 Å². The van der Waals surface area contributed by atoms with E-state index in [2.05, 4.69) is 29.2 Å². The van der Waals surface area contributed by atoms with Crippen molar-refractivity contribution in [1.29, 1.82) is 0 Å². The van der Waals surface area contributed by atoms with Gasteiger partial charge in [0.2, 0.25) is 0 Å². The van der Waals surface area contributed by atoms with Crippen molar-refractivity contribution < 1.29 is 8.42 Å². The molecule has 3 rings (SSSR count). The van der Waals surface area contributed by atoms with E-state index in [4.69, 9.17) is 0 Å². The SMILES string of the molecule is O=S(=O)(CCCN(Cc1ccccc1)c1ccccc1)c1ccccc1. The molecule has 0 atom stereocenters. The van der Waals surface area contributed by atoms with Gasteiger partial charge in [-0.3, -0.25) is 0 Å². The van der Waals surface area contributed by atoms with Crippen LogP contribution in [0, 0.1) is 0 Å². The van der Waals surface area contributed by atoms with Crippen molar-refractivity contribution >= 4 is 15.5 Å². The second-order valence-corrected chi connectivity index (χ2v) is 8.34. The summed E-state index contributed by atoms with van der Waals surface area (Å²) in [5.41, 5.74) is 2.32. The van der Waals surface area contributed by atoms with Crippen LogP contribution in [0.4, 0.5) is 5.69 Å². The lowest BCUT2D eigenvalue weighted by Crippen LogP contribution is -2.25. The number of hydrogen-bond acceptors (Lipinski definition) is 3. The highest BCUT2D eigenvalue weighted by Gasteiger charge is 2.15. The minimum absolute atomic E-state index is 0.148. The van der Waals surface area contributed by atoms with E-state index >= 15 is 0 Å². The van der Waals surface area contributed by atoms with E-state index in [1.54, 1.807) is 24.3 Å². The molecule has 0 amide bonds. The van der Waals surface area contributed by atoms with Gasteiger partial charge in [-0.1, -0.05) is 66.7 Å². The third-order valence-corrected chi connectivity index (χ3v) is 6.10. The number of hydrogen-bond donors (Lipinski definition) is 0. The summed E-state index contributed by atoms with van der Waals surface area (Å²) in [5.74, 6) is 0.148. The molecule has 0 radical (unpaired) electrons. The van der Waals surface area contributed by atoms with Crippen molar-refractivity contribution in [2.24, 2.45) is 0 Å². The van der Waals surface area contributed by atoms with Crippen LogP contribution in [0.1, 0.15) is 12.0 Å². The minimum Gasteiger partial charge on any atom is -0.367 e. The van der Waals surface area contributed by atoms with E-state index in [0.717, 1.165) is 12.2 Å². The molecular weight excluding hydrogens is 342 g/mol. The van der Waals surface area contributed by atoms with E-state index in [0.29, 0.717) is 17.9 Å². The van der Waals surface area contributed by atoms with Gasteiger partial charge in [0, 0.05) is 18.8 Å². The molecule has 134 valence electrons. The van der Waals surface area contributed by atoms with Gasteiger partial charge in [-0.15, -0.1) is 0 Å². The first-order chi connectivity index (χ1) is 12.6. The Morgan fingerprint density at radius 3 is 1.85 bits per heavy atom. The van der Waals surface area contributed by atoms with Gasteiger partial charge in [-0.05, 0) is 36.2 Å². The molecule has 0 saturated heterocycles. The zero-order chi connectivity index (χ0) is 18.2. The summed E-state index contributed by atoms with van der Waals surface area (Å²) in [4.78, 5) is 2.63. The third-order valence-electron chi connectivity index (χ3n) is 4.28. The molecule has 3 aromatic rings. The van der Waals surface area contributed by atoms with Crippen LogP contribution in [0.5, 0.6) is 0 Å². The predicted octanol–water partition coefficient (Wildman–Crippen LogP) is 4.56. The van der Waals surface area contributed by atoms with E-state index in [-0.39, 0.29) is 5.75 Å². The van der Waals surface area contributed by atoms with Gasteiger partial charge in [0.15, 0.2) is 9.84 Å². The van der Waals surface area contributed by atoms with Gasteiger partial charge in [0.1, 0.15) is 0 Å². The first kappa shape index (κ1) is 18.2. The fraction of sp³-hybridized carbons (Fsp3) is 0.182. The van der Waals surface area contributed by atoms with Crippen LogP contribution in [0.3, 0.4) is 0 Å². The summed E-state index contributed by atoms with van der Waals surface area (Å²) in [6.45, 7) is 1.45. The Morgan fingerprint density at radius 2 is 1.23 bits per heavy atom. The lowest BCUT2D eigenvalue weighted by Gasteiger charge is -2.25. The Hall–Kier alpha value is -2.59. The Morgan fingerprint density at radius 1 is 0.692 bits per heavy atom. The highest BCUT2D eigenvalue weighted by Crippen LogP contribution is 2.18. The average molecular weight is 365 g/mol. The van der Waals surface area contributed by atoms with Gasteiger partial charge < -0.3 is 4.90 Å². The van der Waals surface area contributed by atoms with Crippen LogP contribution < -0.4 is 4.90 Å². The average Bonchev–Trinajstić information content (AvgIpc) is 2.69. The van der Waals surface area contributed by atoms with Gasteiger partial charge in [0.05, 0.1) is 10.6 Å². The molecule has 0 heterocycles. The van der Waals surface area contributed by atoms with Crippen molar-refractivity contribution in [2.45, 2.75) is 17.9 Å². The monoisotopic (exact) mass is 365 g/mol. The molecule has 0 aliphatic heterocycles. The maximum absolute atomic E-state index is 12.5. The lowest BCUT2D eigenvalue weighted by molar-refractivity contribution is 0.592. The summed E-state index contributed by atoms with van der Waals surface area (Å²) >= 11 is 0. The molecule has 0 aromatic heterocycles. The number of nitrogens with zero attached hydrogens (tertiary/aromatic N) is 1. The summed E-state index contributed by atoms with van der Waals surface area (Å²) in [6, 6.07) is 29.1. The summed E-state index contributed by atoms with van der Waals surface area (Å²) in [5, 5.41) is 0. The van der Waals surface area contributed by atoms with Crippen LogP contribution in [-0.2, 0) is 16.4 Å². The fourth-order valence-corrected chi connectivity index (χ4v) is 4.25. The highest BCUT2D eigenvalue weighted by atomic mass is 32.2. The lowest BCUT2D eigenvalue weighted by atomic mass is 10.2. The Labute approximate surface area is 155 Å². The number of rotatable bonds is 8. The first-order valence-corrected chi connectivity index (χ1v) is 10.4. The molecule has 26 heavy (non-hydrogen) atoms. The molecule has 0 aliphatic carbocycles. The van der Waals surface area contributed by atoms with Crippen LogP contribution in [-0.4, -0.2) is 20.7 Å². The summed E-state index contributed by atoms with van der Waals surface area (Å²) < 4.78 is 25.0. The zero-order valence-corrected chi connectivity index (χ0v) is 15.5. The number of benzene rings is 3. The summed E-state index contributed by atoms with van der Waals surface area (Å²) in [6.07, 6.45) is 0.582. The molecule has 0 fully saturated rings. The molecule has 0 unspecified atom stereocenters.